The van der Waals surface area contributed by atoms with E-state index in [0.717, 1.165) is 32.8 Å². The van der Waals surface area contributed by atoms with E-state index in [1.165, 1.54) is 22.3 Å². The van der Waals surface area contributed by atoms with Gasteiger partial charge in [-0.2, -0.15) is 0 Å². The lowest BCUT2D eigenvalue weighted by atomic mass is 9.93. The number of rotatable bonds is 5. The third-order valence-corrected chi connectivity index (χ3v) is 4.46. The number of morpholine rings is 1. The van der Waals surface area contributed by atoms with Gasteiger partial charge in [0.25, 0.3) is 0 Å². The minimum absolute atomic E-state index is 0.399. The topological polar surface area (TPSA) is 24.5 Å². The van der Waals surface area contributed by atoms with E-state index in [1.54, 1.807) is 0 Å². The summed E-state index contributed by atoms with van der Waals surface area (Å²) in [4.78, 5) is 2.55. The van der Waals surface area contributed by atoms with E-state index >= 15 is 0 Å². The van der Waals surface area contributed by atoms with Gasteiger partial charge >= 0.3 is 0 Å². The second-order valence-electron chi connectivity index (χ2n) is 6.34. The second-order valence-corrected chi connectivity index (χ2v) is 6.34. The summed E-state index contributed by atoms with van der Waals surface area (Å²) in [5.41, 5.74) is 5.63. The minimum atomic E-state index is 0.399. The van der Waals surface area contributed by atoms with E-state index in [2.05, 4.69) is 57.0 Å². The highest BCUT2D eigenvalue weighted by Crippen LogP contribution is 2.25. The molecular weight excluding hydrogens is 260 g/mol. The van der Waals surface area contributed by atoms with Crippen molar-refractivity contribution >= 4 is 0 Å². The smallest absolute Gasteiger partial charge is 0.0619 e. The largest absolute Gasteiger partial charge is 0.379 e. The van der Waals surface area contributed by atoms with Crippen molar-refractivity contribution < 1.29 is 4.74 Å². The lowest BCUT2D eigenvalue weighted by molar-refractivity contribution is -0.00447. The zero-order valence-electron chi connectivity index (χ0n) is 14.2. The Morgan fingerprint density at radius 1 is 1.29 bits per heavy atom. The van der Waals surface area contributed by atoms with Crippen molar-refractivity contribution in [1.29, 1.82) is 0 Å². The number of ether oxygens (including phenoxy) is 1. The highest BCUT2D eigenvalue weighted by atomic mass is 16.5. The molecule has 0 radical (unpaired) electrons. The van der Waals surface area contributed by atoms with Gasteiger partial charge in [0.05, 0.1) is 13.2 Å². The summed E-state index contributed by atoms with van der Waals surface area (Å²) in [5, 5.41) is 3.69. The molecule has 2 atom stereocenters. The molecule has 2 rings (SSSR count). The van der Waals surface area contributed by atoms with Gasteiger partial charge in [0.2, 0.25) is 0 Å². The van der Waals surface area contributed by atoms with Crippen molar-refractivity contribution in [3.63, 3.8) is 0 Å². The van der Waals surface area contributed by atoms with Gasteiger partial charge in [-0.25, -0.2) is 0 Å². The predicted octanol–water partition coefficient (Wildman–Crippen LogP) is 2.98. The van der Waals surface area contributed by atoms with Crippen LogP contribution in [0.3, 0.4) is 0 Å². The summed E-state index contributed by atoms with van der Waals surface area (Å²) in [6.45, 7) is 15.9. The molecule has 0 saturated carbocycles. The molecule has 1 aliphatic rings. The first kappa shape index (κ1) is 16.5. The van der Waals surface area contributed by atoms with E-state index in [0.29, 0.717) is 12.1 Å². The molecule has 2 unspecified atom stereocenters. The van der Waals surface area contributed by atoms with E-state index in [4.69, 9.17) is 4.74 Å². The van der Waals surface area contributed by atoms with E-state index in [9.17, 15) is 0 Å². The summed E-state index contributed by atoms with van der Waals surface area (Å²) in [6.07, 6.45) is 0. The Hall–Kier alpha value is -0.900. The van der Waals surface area contributed by atoms with Crippen LogP contribution in [-0.2, 0) is 4.74 Å². The first-order valence-corrected chi connectivity index (χ1v) is 8.15. The number of nitrogens with one attached hydrogen (secondary N) is 1. The fourth-order valence-corrected chi connectivity index (χ4v) is 3.51. The molecule has 0 spiro atoms. The Balaban J connectivity index is 2.22. The van der Waals surface area contributed by atoms with E-state index in [1.807, 2.05) is 0 Å². The molecule has 0 bridgehead atoms. The van der Waals surface area contributed by atoms with Crippen molar-refractivity contribution in [3.05, 3.63) is 34.4 Å². The van der Waals surface area contributed by atoms with Crippen molar-refractivity contribution in [2.45, 2.75) is 46.7 Å². The van der Waals surface area contributed by atoms with Crippen molar-refractivity contribution in [1.82, 2.24) is 10.2 Å². The second kappa shape index (κ2) is 7.39. The number of nitrogens with zero attached hydrogens (tertiary/aromatic N) is 1. The Bertz CT molecular complexity index is 449. The van der Waals surface area contributed by atoms with Crippen LogP contribution in [0.5, 0.6) is 0 Å². The zero-order chi connectivity index (χ0) is 15.4. The molecule has 0 aliphatic carbocycles. The van der Waals surface area contributed by atoms with Crippen LogP contribution in [0, 0.1) is 20.8 Å². The predicted molar refractivity (Wildman–Crippen MR) is 88.9 cm³/mol. The van der Waals surface area contributed by atoms with E-state index in [-0.39, 0.29) is 0 Å². The van der Waals surface area contributed by atoms with Crippen LogP contribution in [0.15, 0.2) is 12.1 Å². The van der Waals surface area contributed by atoms with Gasteiger partial charge in [-0.3, -0.25) is 4.90 Å². The maximum Gasteiger partial charge on any atom is 0.0619 e. The van der Waals surface area contributed by atoms with Crippen molar-refractivity contribution in [2.24, 2.45) is 0 Å². The lowest BCUT2D eigenvalue weighted by Gasteiger charge is -2.37. The number of hydrogen-bond acceptors (Lipinski definition) is 3. The number of aryl methyl sites for hydroxylation is 3. The molecule has 1 aliphatic heterocycles. The summed E-state index contributed by atoms with van der Waals surface area (Å²) in [5.74, 6) is 0. The monoisotopic (exact) mass is 290 g/mol. The van der Waals surface area contributed by atoms with Gasteiger partial charge in [0, 0.05) is 25.2 Å². The molecular formula is C18H30N2O. The van der Waals surface area contributed by atoms with Crippen LogP contribution in [0.1, 0.15) is 42.1 Å². The van der Waals surface area contributed by atoms with Gasteiger partial charge in [0.15, 0.2) is 0 Å². The third kappa shape index (κ3) is 4.06. The van der Waals surface area contributed by atoms with Gasteiger partial charge in [-0.1, -0.05) is 24.6 Å². The molecule has 1 N–H and O–H groups in total. The molecule has 1 aromatic rings. The average Bonchev–Trinajstić information content (AvgIpc) is 2.40. The zero-order valence-corrected chi connectivity index (χ0v) is 14.2. The maximum atomic E-state index is 5.56. The fourth-order valence-electron chi connectivity index (χ4n) is 3.51. The van der Waals surface area contributed by atoms with Crippen molar-refractivity contribution in [3.8, 4) is 0 Å². The molecule has 3 heteroatoms. The minimum Gasteiger partial charge on any atom is -0.379 e. The van der Waals surface area contributed by atoms with Gasteiger partial charge in [-0.05, 0) is 50.9 Å². The molecule has 0 aromatic heterocycles. The highest BCUT2D eigenvalue weighted by Gasteiger charge is 2.24. The maximum absolute atomic E-state index is 5.56. The highest BCUT2D eigenvalue weighted by molar-refractivity contribution is 5.40. The van der Waals surface area contributed by atoms with Crippen LogP contribution in [0.25, 0.3) is 0 Å². The molecule has 1 saturated heterocycles. The Morgan fingerprint density at radius 3 is 2.52 bits per heavy atom. The van der Waals surface area contributed by atoms with Crippen LogP contribution in [0.4, 0.5) is 0 Å². The molecule has 1 heterocycles. The van der Waals surface area contributed by atoms with Crippen LogP contribution >= 0.6 is 0 Å². The number of benzene rings is 1. The Morgan fingerprint density at radius 2 is 1.95 bits per heavy atom. The summed E-state index contributed by atoms with van der Waals surface area (Å²) in [7, 11) is 0. The quantitative estimate of drug-likeness (QED) is 0.902. The molecule has 3 nitrogen and oxygen atoms in total. The SMILES string of the molecule is CCNC(CN1CCOCC1C)c1c(C)cc(C)cc1C. The first-order chi connectivity index (χ1) is 10.0. The number of hydrogen-bond donors (Lipinski definition) is 1. The van der Waals surface area contributed by atoms with Gasteiger partial charge in [-0.15, -0.1) is 0 Å². The summed E-state index contributed by atoms with van der Waals surface area (Å²) < 4.78 is 5.56. The average molecular weight is 290 g/mol. The summed E-state index contributed by atoms with van der Waals surface area (Å²) in [6, 6.07) is 5.51. The van der Waals surface area contributed by atoms with Crippen molar-refractivity contribution in [2.75, 3.05) is 32.8 Å². The molecule has 1 aromatic carbocycles. The van der Waals surface area contributed by atoms with Crippen LogP contribution in [0.2, 0.25) is 0 Å². The van der Waals surface area contributed by atoms with Crippen LogP contribution in [-0.4, -0.2) is 43.8 Å². The first-order valence-electron chi connectivity index (χ1n) is 8.15. The lowest BCUT2D eigenvalue weighted by Crippen LogP contribution is -2.47. The normalized spacial score (nSPS) is 21.5. The van der Waals surface area contributed by atoms with E-state index < -0.39 is 0 Å². The summed E-state index contributed by atoms with van der Waals surface area (Å²) >= 11 is 0. The molecule has 21 heavy (non-hydrogen) atoms. The third-order valence-electron chi connectivity index (χ3n) is 4.46. The fraction of sp³-hybridized carbons (Fsp3) is 0.667. The standard InChI is InChI=1S/C18H30N2O/c1-6-19-17(11-20-7-8-21-12-16(20)5)18-14(3)9-13(2)10-15(18)4/h9-10,16-17,19H,6-8,11-12H2,1-5H3. The molecule has 1 fully saturated rings. The number of likely N-dealkylation sites (N-methyl/N-ethyl adjacent to an activating group) is 1. The van der Waals surface area contributed by atoms with Crippen LogP contribution < -0.4 is 5.32 Å². The molecule has 0 amide bonds. The van der Waals surface area contributed by atoms with Gasteiger partial charge in [0.1, 0.15) is 0 Å². The Labute approximate surface area is 129 Å². The Kier molecular flexibility index (Phi) is 5.80. The van der Waals surface area contributed by atoms with Gasteiger partial charge < -0.3 is 10.1 Å². The molecule has 118 valence electrons.